The second-order valence-corrected chi connectivity index (χ2v) is 6.55. The Morgan fingerprint density at radius 1 is 1.39 bits per heavy atom. The van der Waals surface area contributed by atoms with Gasteiger partial charge in [0.15, 0.2) is 0 Å². The molecule has 0 bridgehead atoms. The molecule has 1 saturated heterocycles. The van der Waals surface area contributed by atoms with E-state index < -0.39 is 0 Å². The molecule has 1 saturated carbocycles. The summed E-state index contributed by atoms with van der Waals surface area (Å²) in [4.78, 5) is 15.9. The fraction of sp³-hybridized carbons (Fsp3) is 0.615. The number of nitrogen functional groups attached to an aromatic ring is 1. The van der Waals surface area contributed by atoms with E-state index in [2.05, 4.69) is 10.3 Å². The zero-order valence-corrected chi connectivity index (χ0v) is 11.2. The summed E-state index contributed by atoms with van der Waals surface area (Å²) in [6.45, 7) is 3.46. The Hall–Kier alpha value is -0.910. The van der Waals surface area contributed by atoms with Crippen LogP contribution in [0.25, 0.3) is 0 Å². The van der Waals surface area contributed by atoms with Crippen LogP contribution in [-0.2, 0) is 6.54 Å². The Morgan fingerprint density at radius 3 is 2.78 bits per heavy atom. The molecule has 18 heavy (non-hydrogen) atoms. The number of thiophene rings is 1. The van der Waals surface area contributed by atoms with Crippen molar-refractivity contribution >= 4 is 17.2 Å². The minimum absolute atomic E-state index is 0.190. The van der Waals surface area contributed by atoms with Crippen molar-refractivity contribution in [3.05, 3.63) is 21.9 Å². The fourth-order valence-electron chi connectivity index (χ4n) is 3.34. The number of carbonyl (C=O) groups excluding carboxylic acids is 1. The van der Waals surface area contributed by atoms with Gasteiger partial charge in [-0.2, -0.15) is 0 Å². The first-order valence-electron chi connectivity index (χ1n) is 6.58. The van der Waals surface area contributed by atoms with Crippen LogP contribution in [0.15, 0.2) is 12.1 Å². The van der Waals surface area contributed by atoms with Crippen LogP contribution in [0.4, 0.5) is 0 Å². The molecular formula is C13H19N3OS. The lowest BCUT2D eigenvalue weighted by Gasteiger charge is -2.15. The lowest BCUT2D eigenvalue weighted by molar-refractivity contribution is 0.0957. The number of carbonyl (C=O) groups is 1. The molecule has 1 aromatic heterocycles. The Labute approximate surface area is 111 Å². The number of nitrogens with one attached hydrogen (secondary N) is 1. The maximum Gasteiger partial charge on any atom is 0.275 e. The highest BCUT2D eigenvalue weighted by molar-refractivity contribution is 7.14. The number of likely N-dealkylation sites (tertiary alicyclic amines) is 1. The first-order chi connectivity index (χ1) is 8.76. The first-order valence-corrected chi connectivity index (χ1v) is 7.40. The van der Waals surface area contributed by atoms with Gasteiger partial charge in [0, 0.05) is 24.5 Å². The van der Waals surface area contributed by atoms with Gasteiger partial charge in [0.05, 0.1) is 4.88 Å². The molecule has 2 atom stereocenters. The number of hydrogen-bond donors (Lipinski definition) is 2. The Kier molecular flexibility index (Phi) is 3.37. The average molecular weight is 265 g/mol. The molecule has 2 unspecified atom stereocenters. The number of amides is 1. The highest BCUT2D eigenvalue weighted by Crippen LogP contribution is 2.38. The minimum Gasteiger partial charge on any atom is -0.298 e. The predicted molar refractivity (Wildman–Crippen MR) is 72.1 cm³/mol. The van der Waals surface area contributed by atoms with Crippen LogP contribution in [-0.4, -0.2) is 23.9 Å². The summed E-state index contributed by atoms with van der Waals surface area (Å²) in [5.74, 6) is 6.80. The van der Waals surface area contributed by atoms with Crippen molar-refractivity contribution in [2.24, 2.45) is 17.7 Å². The van der Waals surface area contributed by atoms with Crippen molar-refractivity contribution in [2.45, 2.75) is 25.8 Å². The molecule has 1 aliphatic carbocycles. The van der Waals surface area contributed by atoms with Gasteiger partial charge in [0.2, 0.25) is 0 Å². The standard InChI is InChI=1S/C13H19N3OS/c14-15-13(17)12-5-4-11(18-12)8-16-6-9-2-1-3-10(9)7-16/h4-5,9-10H,1-3,6-8,14H2,(H,15,17). The highest BCUT2D eigenvalue weighted by atomic mass is 32.1. The van der Waals surface area contributed by atoms with Crippen molar-refractivity contribution in [3.8, 4) is 0 Å². The van der Waals surface area contributed by atoms with Crippen LogP contribution in [0, 0.1) is 11.8 Å². The van der Waals surface area contributed by atoms with Gasteiger partial charge in [-0.25, -0.2) is 5.84 Å². The van der Waals surface area contributed by atoms with Crippen molar-refractivity contribution in [2.75, 3.05) is 13.1 Å². The maximum absolute atomic E-state index is 11.4. The number of nitrogens with two attached hydrogens (primary N) is 1. The minimum atomic E-state index is -0.190. The molecule has 98 valence electrons. The summed E-state index contributed by atoms with van der Waals surface area (Å²) in [5, 5.41) is 0. The Morgan fingerprint density at radius 2 is 2.11 bits per heavy atom. The smallest absolute Gasteiger partial charge is 0.275 e. The van der Waals surface area contributed by atoms with Crippen molar-refractivity contribution in [1.82, 2.24) is 10.3 Å². The lowest BCUT2D eigenvalue weighted by atomic mass is 10.0. The monoisotopic (exact) mass is 265 g/mol. The normalized spacial score (nSPS) is 27.4. The molecule has 1 amide bonds. The van der Waals surface area contributed by atoms with E-state index in [1.54, 1.807) is 11.3 Å². The van der Waals surface area contributed by atoms with E-state index in [1.165, 1.54) is 37.2 Å². The zero-order valence-electron chi connectivity index (χ0n) is 10.4. The summed E-state index contributed by atoms with van der Waals surface area (Å²) in [6.07, 6.45) is 4.24. The van der Waals surface area contributed by atoms with E-state index >= 15 is 0 Å². The second kappa shape index (κ2) is 4.99. The number of hydrazine groups is 1. The average Bonchev–Trinajstić information content (AvgIpc) is 3.03. The van der Waals surface area contributed by atoms with Gasteiger partial charge in [-0.15, -0.1) is 11.3 Å². The summed E-state index contributed by atoms with van der Waals surface area (Å²) in [6, 6.07) is 3.91. The quantitative estimate of drug-likeness (QED) is 0.495. The second-order valence-electron chi connectivity index (χ2n) is 5.38. The lowest BCUT2D eigenvalue weighted by Crippen LogP contribution is -2.29. The SMILES string of the molecule is NNC(=O)c1ccc(CN2CC3CCCC3C2)s1. The summed E-state index contributed by atoms with van der Waals surface area (Å²) in [7, 11) is 0. The third kappa shape index (κ3) is 2.30. The Bertz CT molecular complexity index is 433. The molecule has 2 heterocycles. The molecule has 1 aromatic rings. The van der Waals surface area contributed by atoms with E-state index in [0.29, 0.717) is 4.88 Å². The van der Waals surface area contributed by atoms with Gasteiger partial charge in [0.25, 0.3) is 5.91 Å². The van der Waals surface area contributed by atoms with Gasteiger partial charge < -0.3 is 0 Å². The number of nitrogens with zero attached hydrogens (tertiary/aromatic N) is 1. The molecule has 3 N–H and O–H groups in total. The van der Waals surface area contributed by atoms with Gasteiger partial charge in [-0.05, 0) is 36.8 Å². The number of fused-ring (bicyclic) bond motifs is 1. The van der Waals surface area contributed by atoms with Crippen LogP contribution < -0.4 is 11.3 Å². The summed E-state index contributed by atoms with van der Waals surface area (Å²) < 4.78 is 0. The van der Waals surface area contributed by atoms with Gasteiger partial charge in [-0.3, -0.25) is 15.1 Å². The third-order valence-corrected chi connectivity index (χ3v) is 5.27. The molecule has 5 heteroatoms. The van der Waals surface area contributed by atoms with E-state index in [-0.39, 0.29) is 5.91 Å². The molecule has 2 fully saturated rings. The molecular weight excluding hydrogens is 246 g/mol. The third-order valence-electron chi connectivity index (χ3n) is 4.20. The van der Waals surface area contributed by atoms with Crippen LogP contribution in [0.3, 0.4) is 0 Å². The van der Waals surface area contributed by atoms with E-state index in [9.17, 15) is 4.79 Å². The number of hydrogen-bond acceptors (Lipinski definition) is 4. The Balaban J connectivity index is 1.60. The molecule has 3 rings (SSSR count). The van der Waals surface area contributed by atoms with Crippen molar-refractivity contribution in [1.29, 1.82) is 0 Å². The largest absolute Gasteiger partial charge is 0.298 e. The van der Waals surface area contributed by atoms with Crippen LogP contribution in [0.2, 0.25) is 0 Å². The van der Waals surface area contributed by atoms with Crippen LogP contribution >= 0.6 is 11.3 Å². The number of rotatable bonds is 3. The first kappa shape index (κ1) is 12.1. The zero-order chi connectivity index (χ0) is 12.5. The highest BCUT2D eigenvalue weighted by Gasteiger charge is 2.35. The van der Waals surface area contributed by atoms with E-state index in [0.717, 1.165) is 18.4 Å². The van der Waals surface area contributed by atoms with E-state index in [1.807, 2.05) is 12.1 Å². The summed E-state index contributed by atoms with van der Waals surface area (Å²) >= 11 is 1.55. The molecule has 0 radical (unpaired) electrons. The topological polar surface area (TPSA) is 58.4 Å². The van der Waals surface area contributed by atoms with E-state index in [4.69, 9.17) is 5.84 Å². The molecule has 4 nitrogen and oxygen atoms in total. The predicted octanol–water partition coefficient (Wildman–Crippen LogP) is 1.58. The van der Waals surface area contributed by atoms with Gasteiger partial charge >= 0.3 is 0 Å². The van der Waals surface area contributed by atoms with Crippen molar-refractivity contribution < 1.29 is 4.79 Å². The maximum atomic E-state index is 11.4. The summed E-state index contributed by atoms with van der Waals surface area (Å²) in [5.41, 5.74) is 2.18. The van der Waals surface area contributed by atoms with Gasteiger partial charge in [0.1, 0.15) is 0 Å². The van der Waals surface area contributed by atoms with Crippen molar-refractivity contribution in [3.63, 3.8) is 0 Å². The molecule has 0 aromatic carbocycles. The fourth-order valence-corrected chi connectivity index (χ4v) is 4.29. The molecule has 1 aliphatic heterocycles. The van der Waals surface area contributed by atoms with Gasteiger partial charge in [-0.1, -0.05) is 6.42 Å². The molecule has 0 spiro atoms. The van der Waals surface area contributed by atoms with Crippen LogP contribution in [0.1, 0.15) is 33.8 Å². The molecule has 2 aliphatic rings. The van der Waals surface area contributed by atoms with Crippen LogP contribution in [0.5, 0.6) is 0 Å².